The lowest BCUT2D eigenvalue weighted by molar-refractivity contribution is -0.360. The molecule has 0 aliphatic carbocycles. The zero-order valence-electron chi connectivity index (χ0n) is 13.0. The summed E-state index contributed by atoms with van der Waals surface area (Å²) in [5.41, 5.74) is 1.45. The number of benzene rings is 1. The van der Waals surface area contributed by atoms with Crippen LogP contribution in [0.2, 0.25) is 0 Å². The van der Waals surface area contributed by atoms with Crippen molar-refractivity contribution in [2.24, 2.45) is 0 Å². The number of nitrogens with zero attached hydrogens (tertiary/aromatic N) is 2. The fraction of sp³-hybridized carbons (Fsp3) is 0.250. The topological polar surface area (TPSA) is 44.2 Å². The first-order chi connectivity index (χ1) is 12.3. The third kappa shape index (κ3) is 4.01. The molecule has 0 unspecified atom stereocenters. The molecule has 0 spiro atoms. The smallest absolute Gasteiger partial charge is 0.477 e. The summed E-state index contributed by atoms with van der Waals surface area (Å²) in [7, 11) is 0. The highest BCUT2D eigenvalue weighted by molar-refractivity contribution is 7.09. The molecule has 0 saturated carbocycles. The SMILES string of the molecule is FC(F)(F)C(F)(F)Oc1ccc(CCOc2ncnc3cscc23)cc1. The first-order valence-electron chi connectivity index (χ1n) is 7.28. The maximum absolute atomic E-state index is 12.8. The number of ether oxygens (including phenoxy) is 2. The molecule has 0 fully saturated rings. The van der Waals surface area contributed by atoms with Gasteiger partial charge in [0.2, 0.25) is 5.88 Å². The number of halogens is 5. The van der Waals surface area contributed by atoms with Crippen LogP contribution in [-0.4, -0.2) is 28.9 Å². The highest BCUT2D eigenvalue weighted by atomic mass is 32.1. The van der Waals surface area contributed by atoms with Crippen molar-refractivity contribution in [1.29, 1.82) is 0 Å². The second-order valence-corrected chi connectivity index (χ2v) is 5.95. The molecule has 2 aromatic heterocycles. The number of hydrogen-bond acceptors (Lipinski definition) is 5. The second kappa shape index (κ2) is 7.02. The summed E-state index contributed by atoms with van der Waals surface area (Å²) >= 11 is 1.47. The maximum Gasteiger partial charge on any atom is 0.499 e. The van der Waals surface area contributed by atoms with E-state index in [0.29, 0.717) is 17.9 Å². The molecule has 0 atom stereocenters. The molecule has 1 aromatic carbocycles. The van der Waals surface area contributed by atoms with E-state index in [4.69, 9.17) is 4.74 Å². The summed E-state index contributed by atoms with van der Waals surface area (Å²) in [6.07, 6.45) is -9.22. The van der Waals surface area contributed by atoms with Crippen molar-refractivity contribution in [3.8, 4) is 11.6 Å². The molecule has 0 aliphatic heterocycles. The summed E-state index contributed by atoms with van der Waals surface area (Å²) in [5.74, 6) is -0.145. The molecule has 26 heavy (non-hydrogen) atoms. The molecule has 3 aromatic rings. The van der Waals surface area contributed by atoms with Crippen molar-refractivity contribution in [2.75, 3.05) is 6.61 Å². The summed E-state index contributed by atoms with van der Waals surface area (Å²) in [5, 5.41) is 4.51. The van der Waals surface area contributed by atoms with Crippen LogP contribution in [0.5, 0.6) is 11.6 Å². The predicted molar refractivity (Wildman–Crippen MR) is 84.7 cm³/mol. The Morgan fingerprint density at radius 2 is 1.69 bits per heavy atom. The van der Waals surface area contributed by atoms with Gasteiger partial charge in [0.25, 0.3) is 0 Å². The molecule has 0 aliphatic rings. The van der Waals surface area contributed by atoms with Crippen LogP contribution in [0.15, 0.2) is 41.4 Å². The minimum absolute atomic E-state index is 0.251. The van der Waals surface area contributed by atoms with Crippen LogP contribution in [0.3, 0.4) is 0 Å². The largest absolute Gasteiger partial charge is 0.499 e. The highest BCUT2D eigenvalue weighted by Gasteiger charge is 2.61. The third-order valence-electron chi connectivity index (χ3n) is 3.37. The Kier molecular flexibility index (Phi) is 4.94. The molecule has 2 heterocycles. The first-order valence-corrected chi connectivity index (χ1v) is 8.23. The second-order valence-electron chi connectivity index (χ2n) is 5.21. The number of rotatable bonds is 6. The molecule has 138 valence electrons. The van der Waals surface area contributed by atoms with Gasteiger partial charge in [-0.2, -0.15) is 22.0 Å². The van der Waals surface area contributed by atoms with Crippen LogP contribution in [0.1, 0.15) is 5.56 Å². The first kappa shape index (κ1) is 18.3. The van der Waals surface area contributed by atoms with E-state index in [1.165, 1.54) is 29.8 Å². The fourth-order valence-corrected chi connectivity index (χ4v) is 2.82. The van der Waals surface area contributed by atoms with Crippen molar-refractivity contribution < 1.29 is 31.4 Å². The van der Waals surface area contributed by atoms with Crippen molar-refractivity contribution in [3.05, 3.63) is 46.9 Å². The number of thiophene rings is 1. The van der Waals surface area contributed by atoms with Crippen LogP contribution < -0.4 is 9.47 Å². The fourth-order valence-electron chi connectivity index (χ4n) is 2.07. The van der Waals surface area contributed by atoms with Gasteiger partial charge in [-0.15, -0.1) is 11.3 Å². The van der Waals surface area contributed by atoms with E-state index in [1.54, 1.807) is 0 Å². The van der Waals surface area contributed by atoms with Crippen LogP contribution in [-0.2, 0) is 6.42 Å². The predicted octanol–water partition coefficient (Wildman–Crippen LogP) is 4.85. The molecule has 0 amide bonds. The van der Waals surface area contributed by atoms with E-state index in [0.717, 1.165) is 23.0 Å². The summed E-state index contributed by atoms with van der Waals surface area (Å²) in [6.45, 7) is 0.251. The lowest BCUT2D eigenvalue weighted by Gasteiger charge is -2.20. The lowest BCUT2D eigenvalue weighted by Crippen LogP contribution is -2.41. The number of alkyl halides is 5. The van der Waals surface area contributed by atoms with Crippen LogP contribution in [0, 0.1) is 0 Å². The van der Waals surface area contributed by atoms with Gasteiger partial charge in [-0.05, 0) is 17.7 Å². The van der Waals surface area contributed by atoms with Crippen LogP contribution in [0.4, 0.5) is 22.0 Å². The average Bonchev–Trinajstić information content (AvgIpc) is 3.05. The molecular formula is C16H11F5N2O2S. The number of fused-ring (bicyclic) bond motifs is 1. The standard InChI is InChI=1S/C16H11F5N2O2S/c17-15(18,19)16(20,21)25-11-3-1-10(2-4-11)5-6-24-14-12-7-26-8-13(12)22-9-23-14/h1-4,7-9H,5-6H2. The van der Waals surface area contributed by atoms with E-state index in [-0.39, 0.29) is 6.61 Å². The Labute approximate surface area is 148 Å². The zero-order valence-corrected chi connectivity index (χ0v) is 13.8. The summed E-state index contributed by atoms with van der Waals surface area (Å²) in [6, 6.07) is 4.89. The maximum atomic E-state index is 12.8. The Hall–Kier alpha value is -2.49. The normalized spacial score (nSPS) is 12.3. The minimum atomic E-state index is -5.77. The highest BCUT2D eigenvalue weighted by Crippen LogP contribution is 2.37. The zero-order chi connectivity index (χ0) is 18.8. The van der Waals surface area contributed by atoms with E-state index >= 15 is 0 Å². The van der Waals surface area contributed by atoms with Crippen LogP contribution in [0.25, 0.3) is 10.9 Å². The van der Waals surface area contributed by atoms with Crippen molar-refractivity contribution in [3.63, 3.8) is 0 Å². The van der Waals surface area contributed by atoms with E-state index in [9.17, 15) is 22.0 Å². The van der Waals surface area contributed by atoms with Gasteiger partial charge in [-0.1, -0.05) is 12.1 Å². The average molecular weight is 390 g/mol. The van der Waals surface area contributed by atoms with Gasteiger partial charge in [-0.25, -0.2) is 9.97 Å². The Morgan fingerprint density at radius 1 is 0.962 bits per heavy atom. The summed E-state index contributed by atoms with van der Waals surface area (Å²) < 4.78 is 71.3. The summed E-state index contributed by atoms with van der Waals surface area (Å²) in [4.78, 5) is 8.14. The monoisotopic (exact) mass is 390 g/mol. The van der Waals surface area contributed by atoms with Gasteiger partial charge in [0.1, 0.15) is 12.1 Å². The van der Waals surface area contributed by atoms with E-state index in [2.05, 4.69) is 14.7 Å². The van der Waals surface area contributed by atoms with Gasteiger partial charge in [0, 0.05) is 17.2 Å². The molecule has 0 radical (unpaired) electrons. The molecule has 0 saturated heterocycles. The molecule has 4 nitrogen and oxygen atoms in total. The molecular weight excluding hydrogens is 379 g/mol. The molecule has 0 bridgehead atoms. The van der Waals surface area contributed by atoms with Gasteiger partial charge >= 0.3 is 12.3 Å². The van der Waals surface area contributed by atoms with Crippen molar-refractivity contribution >= 4 is 22.2 Å². The Morgan fingerprint density at radius 3 is 2.38 bits per heavy atom. The van der Waals surface area contributed by atoms with Crippen LogP contribution >= 0.6 is 11.3 Å². The minimum Gasteiger partial charge on any atom is -0.477 e. The van der Waals surface area contributed by atoms with Crippen molar-refractivity contribution in [2.45, 2.75) is 18.7 Å². The molecule has 3 rings (SSSR count). The Balaban J connectivity index is 1.57. The lowest BCUT2D eigenvalue weighted by atomic mass is 10.1. The molecule has 10 heteroatoms. The van der Waals surface area contributed by atoms with E-state index in [1.807, 2.05) is 10.8 Å². The van der Waals surface area contributed by atoms with E-state index < -0.39 is 18.0 Å². The van der Waals surface area contributed by atoms with Gasteiger partial charge in [0.05, 0.1) is 17.5 Å². The Bertz CT molecular complexity index is 880. The molecule has 0 N–H and O–H groups in total. The number of hydrogen-bond donors (Lipinski definition) is 0. The van der Waals surface area contributed by atoms with Gasteiger partial charge in [-0.3, -0.25) is 0 Å². The number of aromatic nitrogens is 2. The quantitative estimate of drug-likeness (QED) is 0.565. The van der Waals surface area contributed by atoms with Gasteiger partial charge < -0.3 is 9.47 Å². The van der Waals surface area contributed by atoms with Crippen molar-refractivity contribution in [1.82, 2.24) is 9.97 Å². The van der Waals surface area contributed by atoms with Gasteiger partial charge in [0.15, 0.2) is 0 Å². The third-order valence-corrected chi connectivity index (χ3v) is 4.10.